The topological polar surface area (TPSA) is 35.5 Å². The molecule has 0 N–H and O–H groups in total. The molecule has 0 saturated heterocycles. The van der Waals surface area contributed by atoms with Gasteiger partial charge in [-0.3, -0.25) is 4.79 Å². The molecule has 0 bridgehead atoms. The maximum Gasteiger partial charge on any atom is 0.193 e. The molecule has 0 spiro atoms. The lowest BCUT2D eigenvalue weighted by Crippen LogP contribution is -2.04. The lowest BCUT2D eigenvalue weighted by atomic mass is 9.88. The van der Waals surface area contributed by atoms with E-state index >= 15 is 0 Å². The van der Waals surface area contributed by atoms with Gasteiger partial charge in [-0.15, -0.1) is 0 Å². The number of hydrogen-bond acceptors (Lipinski definition) is 3. The first-order valence-electron chi connectivity index (χ1n) is 10.1. The molecule has 0 aliphatic rings. The molecule has 0 radical (unpaired) electrons. The lowest BCUT2D eigenvalue weighted by molar-refractivity contribution is 0.103. The normalized spacial score (nSPS) is 10.5. The van der Waals surface area contributed by atoms with Gasteiger partial charge < -0.3 is 9.47 Å². The van der Waals surface area contributed by atoms with Crippen LogP contribution in [-0.2, 0) is 0 Å². The van der Waals surface area contributed by atoms with Crippen LogP contribution in [0.2, 0.25) is 0 Å². The molecule has 0 heterocycles. The first-order chi connectivity index (χ1) is 15.1. The van der Waals surface area contributed by atoms with Gasteiger partial charge in [-0.05, 0) is 65.6 Å². The summed E-state index contributed by atoms with van der Waals surface area (Å²) < 4.78 is 11.0. The van der Waals surface area contributed by atoms with E-state index in [9.17, 15) is 4.79 Å². The van der Waals surface area contributed by atoms with Crippen molar-refractivity contribution in [3.63, 3.8) is 0 Å². The Hall–Kier alpha value is -3.85. The van der Waals surface area contributed by atoms with Crippen LogP contribution < -0.4 is 9.47 Å². The van der Waals surface area contributed by atoms with Gasteiger partial charge in [-0.25, -0.2) is 0 Å². The Morgan fingerprint density at radius 3 is 2.00 bits per heavy atom. The van der Waals surface area contributed by atoms with Crippen LogP contribution in [-0.4, -0.2) is 20.0 Å². The van der Waals surface area contributed by atoms with Crippen LogP contribution in [0.25, 0.3) is 22.3 Å². The second kappa shape index (κ2) is 8.88. The second-order valence-electron chi connectivity index (χ2n) is 7.34. The Morgan fingerprint density at radius 1 is 0.677 bits per heavy atom. The van der Waals surface area contributed by atoms with Crippen molar-refractivity contribution < 1.29 is 14.3 Å². The number of methoxy groups -OCH3 is 2. The number of carbonyl (C=O) groups excluding carboxylic acids is 1. The van der Waals surface area contributed by atoms with Crippen molar-refractivity contribution in [1.82, 2.24) is 0 Å². The van der Waals surface area contributed by atoms with E-state index in [0.29, 0.717) is 22.6 Å². The lowest BCUT2D eigenvalue weighted by Gasteiger charge is -2.18. The number of aryl methyl sites for hydroxylation is 1. The van der Waals surface area contributed by atoms with Gasteiger partial charge in [0.15, 0.2) is 5.78 Å². The summed E-state index contributed by atoms with van der Waals surface area (Å²) in [6.07, 6.45) is 0. The Balaban J connectivity index is 1.94. The van der Waals surface area contributed by atoms with Crippen LogP contribution in [0, 0.1) is 6.92 Å². The summed E-state index contributed by atoms with van der Waals surface area (Å²) in [6.45, 7) is 2.08. The molecule has 4 aromatic carbocycles. The molecule has 0 atom stereocenters. The molecule has 4 aromatic rings. The van der Waals surface area contributed by atoms with Gasteiger partial charge >= 0.3 is 0 Å². The van der Waals surface area contributed by atoms with Gasteiger partial charge in [-0.2, -0.15) is 0 Å². The maximum atomic E-state index is 13.3. The van der Waals surface area contributed by atoms with E-state index < -0.39 is 0 Å². The van der Waals surface area contributed by atoms with Gasteiger partial charge in [0, 0.05) is 16.7 Å². The maximum absolute atomic E-state index is 13.3. The van der Waals surface area contributed by atoms with Gasteiger partial charge in [0.25, 0.3) is 0 Å². The Bertz CT molecular complexity index is 1210. The fourth-order valence-electron chi connectivity index (χ4n) is 3.81. The Morgan fingerprint density at radius 2 is 1.35 bits per heavy atom. The number of benzene rings is 4. The van der Waals surface area contributed by atoms with E-state index in [0.717, 1.165) is 27.8 Å². The first-order valence-corrected chi connectivity index (χ1v) is 10.1. The summed E-state index contributed by atoms with van der Waals surface area (Å²) in [5.41, 5.74) is 6.39. The van der Waals surface area contributed by atoms with Crippen LogP contribution in [0.15, 0.2) is 91.0 Å². The highest BCUT2D eigenvalue weighted by molar-refractivity contribution is 6.11. The van der Waals surface area contributed by atoms with Gasteiger partial charge in [0.2, 0.25) is 0 Å². The van der Waals surface area contributed by atoms with Crippen molar-refractivity contribution in [1.29, 1.82) is 0 Å². The molecule has 0 amide bonds. The molecule has 0 unspecified atom stereocenters. The zero-order chi connectivity index (χ0) is 21.8. The third-order valence-corrected chi connectivity index (χ3v) is 5.43. The van der Waals surface area contributed by atoms with Crippen LogP contribution in [0.4, 0.5) is 0 Å². The first kappa shape index (κ1) is 20.4. The van der Waals surface area contributed by atoms with Crippen LogP contribution in [0.5, 0.6) is 11.5 Å². The van der Waals surface area contributed by atoms with E-state index in [2.05, 4.69) is 31.2 Å². The summed E-state index contributed by atoms with van der Waals surface area (Å²) in [4.78, 5) is 13.3. The molecular weight excluding hydrogens is 384 g/mol. The van der Waals surface area contributed by atoms with E-state index in [-0.39, 0.29) is 5.78 Å². The predicted molar refractivity (Wildman–Crippen MR) is 125 cm³/mol. The fourth-order valence-corrected chi connectivity index (χ4v) is 3.81. The molecule has 0 aliphatic carbocycles. The third-order valence-electron chi connectivity index (χ3n) is 5.43. The average Bonchev–Trinajstić information content (AvgIpc) is 2.83. The zero-order valence-electron chi connectivity index (χ0n) is 17.9. The summed E-state index contributed by atoms with van der Waals surface area (Å²) in [7, 11) is 3.25. The van der Waals surface area contributed by atoms with Gasteiger partial charge in [0.05, 0.1) is 14.2 Å². The summed E-state index contributed by atoms with van der Waals surface area (Å²) >= 11 is 0. The average molecular weight is 408 g/mol. The van der Waals surface area contributed by atoms with E-state index in [1.165, 1.54) is 0 Å². The van der Waals surface area contributed by atoms with Crippen molar-refractivity contribution in [2.24, 2.45) is 0 Å². The highest BCUT2D eigenvalue weighted by Gasteiger charge is 2.20. The molecule has 0 aromatic heterocycles. The molecule has 31 heavy (non-hydrogen) atoms. The minimum absolute atomic E-state index is 0.0598. The van der Waals surface area contributed by atoms with E-state index in [1.54, 1.807) is 38.5 Å². The number of ketones is 1. The van der Waals surface area contributed by atoms with Crippen molar-refractivity contribution >= 4 is 5.78 Å². The van der Waals surface area contributed by atoms with Crippen LogP contribution in [0.1, 0.15) is 21.5 Å². The largest absolute Gasteiger partial charge is 0.497 e. The number of hydrogen-bond donors (Lipinski definition) is 0. The van der Waals surface area contributed by atoms with Crippen LogP contribution in [0.3, 0.4) is 0 Å². The van der Waals surface area contributed by atoms with Crippen molar-refractivity contribution in [3.05, 3.63) is 108 Å². The minimum Gasteiger partial charge on any atom is -0.497 e. The van der Waals surface area contributed by atoms with Crippen molar-refractivity contribution in [2.45, 2.75) is 6.92 Å². The molecule has 0 aliphatic heterocycles. The number of ether oxygens (including phenoxy) is 2. The number of carbonyl (C=O) groups is 1. The molecule has 0 fully saturated rings. The predicted octanol–water partition coefficient (Wildman–Crippen LogP) is 6.58. The summed E-state index contributed by atoms with van der Waals surface area (Å²) in [5.74, 6) is 1.33. The van der Waals surface area contributed by atoms with Crippen LogP contribution >= 0.6 is 0 Å². The highest BCUT2D eigenvalue weighted by Crippen LogP contribution is 2.41. The van der Waals surface area contributed by atoms with Gasteiger partial charge in [0.1, 0.15) is 11.5 Å². The third kappa shape index (κ3) is 4.08. The fraction of sp³-hybridized carbons (Fsp3) is 0.107. The zero-order valence-corrected chi connectivity index (χ0v) is 17.9. The van der Waals surface area contributed by atoms with Crippen molar-refractivity contribution in [2.75, 3.05) is 14.2 Å². The Kier molecular flexibility index (Phi) is 5.85. The summed E-state index contributed by atoms with van der Waals surface area (Å²) in [5, 5.41) is 0. The van der Waals surface area contributed by atoms with E-state index in [1.807, 2.05) is 42.5 Å². The second-order valence-corrected chi connectivity index (χ2v) is 7.34. The quantitative estimate of drug-likeness (QED) is 0.338. The van der Waals surface area contributed by atoms with Gasteiger partial charge in [-0.1, -0.05) is 54.6 Å². The molecule has 154 valence electrons. The molecule has 3 heteroatoms. The molecule has 0 saturated carbocycles. The molecular formula is C28H24O3. The minimum atomic E-state index is -0.0598. The highest BCUT2D eigenvalue weighted by atomic mass is 16.5. The monoisotopic (exact) mass is 408 g/mol. The molecule has 4 rings (SSSR count). The van der Waals surface area contributed by atoms with Crippen molar-refractivity contribution in [3.8, 4) is 33.8 Å². The standard InChI is InChI=1S/C28H24O3/c1-19-9-7-8-12-24(19)25-17-22(28(29)21-13-15-23(30-2)16-14-21)18-26(31-3)27(25)20-10-5-4-6-11-20/h4-18H,1-3H3. The SMILES string of the molecule is COc1ccc(C(=O)c2cc(OC)c(-c3ccccc3)c(-c3ccccc3C)c2)cc1. The smallest absolute Gasteiger partial charge is 0.193 e. The van der Waals surface area contributed by atoms with E-state index in [4.69, 9.17) is 9.47 Å². The molecule has 3 nitrogen and oxygen atoms in total. The Labute approximate surface area is 182 Å². The summed E-state index contributed by atoms with van der Waals surface area (Å²) in [6, 6.07) is 29.3. The number of rotatable bonds is 6.